The molecule has 7 heteroatoms. The maximum Gasteiger partial charge on any atom is 0.348 e. The van der Waals surface area contributed by atoms with E-state index >= 15 is 0 Å². The summed E-state index contributed by atoms with van der Waals surface area (Å²) in [6.45, 7) is 6.26. The molecule has 0 atom stereocenters. The van der Waals surface area contributed by atoms with E-state index in [0.717, 1.165) is 53.9 Å². The van der Waals surface area contributed by atoms with Crippen LogP contribution in [0.1, 0.15) is 41.4 Å². The van der Waals surface area contributed by atoms with Crippen LogP contribution >= 0.6 is 22.9 Å². The average Bonchev–Trinajstić information content (AvgIpc) is 3.12. The average molecular weight is 340 g/mol. The molecule has 3 heterocycles. The highest BCUT2D eigenvalue weighted by molar-refractivity contribution is 7.20. The lowest BCUT2D eigenvalue weighted by Crippen LogP contribution is -2.19. The van der Waals surface area contributed by atoms with E-state index in [-0.39, 0.29) is 11.3 Å². The predicted molar refractivity (Wildman–Crippen MR) is 89.2 cm³/mol. The number of carbonyl (C=O) groups is 1. The van der Waals surface area contributed by atoms with Crippen LogP contribution in [0.15, 0.2) is 0 Å². The van der Waals surface area contributed by atoms with Crippen molar-refractivity contribution in [1.29, 1.82) is 0 Å². The SMILES string of the molecule is CCCOC(=O)c1sc2nc(Cl)nc(N3CCCC3)c2c1C. The molecule has 1 aliphatic rings. The molecule has 0 spiro atoms. The lowest BCUT2D eigenvalue weighted by Gasteiger charge is -2.17. The zero-order valence-electron chi connectivity index (χ0n) is 12.7. The first-order chi connectivity index (χ1) is 10.6. The van der Waals surface area contributed by atoms with Gasteiger partial charge in [-0.25, -0.2) is 9.78 Å². The second-order valence-electron chi connectivity index (χ2n) is 5.38. The van der Waals surface area contributed by atoms with E-state index in [2.05, 4.69) is 14.9 Å². The minimum Gasteiger partial charge on any atom is -0.462 e. The normalized spacial score (nSPS) is 14.8. The second-order valence-corrected chi connectivity index (χ2v) is 6.72. The Morgan fingerprint density at radius 1 is 1.36 bits per heavy atom. The van der Waals surface area contributed by atoms with E-state index in [9.17, 15) is 4.79 Å². The number of aromatic nitrogens is 2. The fraction of sp³-hybridized carbons (Fsp3) is 0.533. The zero-order chi connectivity index (χ0) is 15.7. The van der Waals surface area contributed by atoms with Crippen molar-refractivity contribution in [3.63, 3.8) is 0 Å². The maximum atomic E-state index is 12.2. The van der Waals surface area contributed by atoms with Crippen LogP contribution in [-0.4, -0.2) is 35.6 Å². The quantitative estimate of drug-likeness (QED) is 0.626. The van der Waals surface area contributed by atoms with Gasteiger partial charge in [-0.3, -0.25) is 0 Å². The summed E-state index contributed by atoms with van der Waals surface area (Å²) < 4.78 is 5.26. The van der Waals surface area contributed by atoms with Gasteiger partial charge in [0.25, 0.3) is 0 Å². The number of nitrogens with zero attached hydrogens (tertiary/aromatic N) is 3. The van der Waals surface area contributed by atoms with E-state index < -0.39 is 0 Å². The fourth-order valence-corrected chi connectivity index (χ4v) is 3.99. The van der Waals surface area contributed by atoms with Gasteiger partial charge in [0.15, 0.2) is 0 Å². The van der Waals surface area contributed by atoms with Crippen molar-refractivity contribution < 1.29 is 9.53 Å². The number of anilines is 1. The van der Waals surface area contributed by atoms with Gasteiger partial charge in [0, 0.05) is 13.1 Å². The Bertz CT molecular complexity index is 710. The summed E-state index contributed by atoms with van der Waals surface area (Å²) in [6.07, 6.45) is 3.11. The summed E-state index contributed by atoms with van der Waals surface area (Å²) in [5.41, 5.74) is 0.889. The molecule has 1 saturated heterocycles. The Balaban J connectivity index is 2.08. The number of rotatable bonds is 4. The number of ether oxygens (including phenoxy) is 1. The number of fused-ring (bicyclic) bond motifs is 1. The van der Waals surface area contributed by atoms with E-state index in [1.807, 2.05) is 13.8 Å². The highest BCUT2D eigenvalue weighted by Crippen LogP contribution is 2.37. The van der Waals surface area contributed by atoms with Crippen molar-refractivity contribution >= 4 is 44.9 Å². The molecule has 0 bridgehead atoms. The van der Waals surface area contributed by atoms with Crippen LogP contribution in [0.3, 0.4) is 0 Å². The van der Waals surface area contributed by atoms with Crippen molar-refractivity contribution in [2.75, 3.05) is 24.6 Å². The van der Waals surface area contributed by atoms with Crippen LogP contribution < -0.4 is 4.90 Å². The van der Waals surface area contributed by atoms with Crippen LogP contribution in [0.2, 0.25) is 5.28 Å². The molecular formula is C15H18ClN3O2S. The lowest BCUT2D eigenvalue weighted by atomic mass is 10.2. The highest BCUT2D eigenvalue weighted by Gasteiger charge is 2.24. The first-order valence-electron chi connectivity index (χ1n) is 7.50. The summed E-state index contributed by atoms with van der Waals surface area (Å²) in [7, 11) is 0. The number of hydrogen-bond donors (Lipinski definition) is 0. The molecule has 0 unspecified atom stereocenters. The summed E-state index contributed by atoms with van der Waals surface area (Å²) in [5, 5.41) is 1.16. The first-order valence-corrected chi connectivity index (χ1v) is 8.70. The third-order valence-corrected chi connectivity index (χ3v) is 5.11. The number of esters is 1. The van der Waals surface area contributed by atoms with E-state index in [1.54, 1.807) is 0 Å². The Labute approximate surface area is 138 Å². The fourth-order valence-electron chi connectivity index (χ4n) is 2.71. The van der Waals surface area contributed by atoms with Gasteiger partial charge < -0.3 is 9.64 Å². The minimum atomic E-state index is -0.286. The van der Waals surface area contributed by atoms with Gasteiger partial charge in [0.2, 0.25) is 5.28 Å². The van der Waals surface area contributed by atoms with Gasteiger partial charge in [-0.2, -0.15) is 4.98 Å². The summed E-state index contributed by atoms with van der Waals surface area (Å²) in [6, 6.07) is 0. The van der Waals surface area contributed by atoms with Crippen LogP contribution in [0.25, 0.3) is 10.2 Å². The minimum absolute atomic E-state index is 0.226. The molecule has 118 valence electrons. The molecule has 5 nitrogen and oxygen atoms in total. The van der Waals surface area contributed by atoms with Gasteiger partial charge in [0.1, 0.15) is 15.5 Å². The Morgan fingerprint density at radius 3 is 2.77 bits per heavy atom. The Hall–Kier alpha value is -1.40. The van der Waals surface area contributed by atoms with Crippen molar-refractivity contribution in [3.05, 3.63) is 15.7 Å². The molecule has 0 aromatic carbocycles. The number of halogens is 1. The van der Waals surface area contributed by atoms with Crippen molar-refractivity contribution in [1.82, 2.24) is 9.97 Å². The molecule has 0 saturated carbocycles. The van der Waals surface area contributed by atoms with Crippen LogP contribution in [0.4, 0.5) is 5.82 Å². The lowest BCUT2D eigenvalue weighted by molar-refractivity contribution is 0.0510. The van der Waals surface area contributed by atoms with Gasteiger partial charge in [-0.05, 0) is 43.4 Å². The number of aryl methyl sites for hydroxylation is 1. The van der Waals surface area contributed by atoms with Crippen molar-refractivity contribution in [2.24, 2.45) is 0 Å². The molecular weight excluding hydrogens is 322 g/mol. The maximum absolute atomic E-state index is 12.2. The predicted octanol–water partition coefficient (Wildman–Crippen LogP) is 3.82. The zero-order valence-corrected chi connectivity index (χ0v) is 14.3. The molecule has 0 radical (unpaired) electrons. The van der Waals surface area contributed by atoms with Gasteiger partial charge in [-0.15, -0.1) is 11.3 Å². The standard InChI is InChI=1S/C15H18ClN3O2S/c1-3-8-21-14(20)11-9(2)10-12(19-6-4-5-7-19)17-15(16)18-13(10)22-11/h3-8H2,1-2H3. The molecule has 2 aromatic rings. The third-order valence-electron chi connectivity index (χ3n) is 3.77. The van der Waals surface area contributed by atoms with E-state index in [4.69, 9.17) is 16.3 Å². The van der Waals surface area contributed by atoms with E-state index in [1.165, 1.54) is 11.3 Å². The van der Waals surface area contributed by atoms with Gasteiger partial charge in [0.05, 0.1) is 12.0 Å². The molecule has 22 heavy (non-hydrogen) atoms. The van der Waals surface area contributed by atoms with Gasteiger partial charge in [-0.1, -0.05) is 6.92 Å². The Kier molecular flexibility index (Phi) is 4.49. The summed E-state index contributed by atoms with van der Waals surface area (Å²) in [4.78, 5) is 24.5. The van der Waals surface area contributed by atoms with Crippen LogP contribution in [-0.2, 0) is 4.74 Å². The van der Waals surface area contributed by atoms with Crippen LogP contribution in [0, 0.1) is 6.92 Å². The van der Waals surface area contributed by atoms with Crippen LogP contribution in [0.5, 0.6) is 0 Å². The van der Waals surface area contributed by atoms with Gasteiger partial charge >= 0.3 is 5.97 Å². The van der Waals surface area contributed by atoms with Crippen molar-refractivity contribution in [2.45, 2.75) is 33.1 Å². The Morgan fingerprint density at radius 2 is 2.09 bits per heavy atom. The monoisotopic (exact) mass is 339 g/mol. The molecule has 2 aromatic heterocycles. The molecule has 0 amide bonds. The molecule has 0 aliphatic carbocycles. The molecule has 1 aliphatic heterocycles. The molecule has 1 fully saturated rings. The largest absolute Gasteiger partial charge is 0.462 e. The third kappa shape index (κ3) is 2.77. The van der Waals surface area contributed by atoms with Crippen molar-refractivity contribution in [3.8, 4) is 0 Å². The molecule has 0 N–H and O–H groups in total. The number of carbonyl (C=O) groups excluding carboxylic acids is 1. The molecule has 3 rings (SSSR count). The topological polar surface area (TPSA) is 55.3 Å². The number of hydrogen-bond acceptors (Lipinski definition) is 6. The summed E-state index contributed by atoms with van der Waals surface area (Å²) in [5.74, 6) is 0.557. The second kappa shape index (κ2) is 6.38. The highest BCUT2D eigenvalue weighted by atomic mass is 35.5. The first kappa shape index (κ1) is 15.5. The summed E-state index contributed by atoms with van der Waals surface area (Å²) >= 11 is 7.40. The van der Waals surface area contributed by atoms with E-state index in [0.29, 0.717) is 11.5 Å². The number of thiophene rings is 1. The smallest absolute Gasteiger partial charge is 0.348 e.